The van der Waals surface area contributed by atoms with E-state index in [1.807, 2.05) is 11.9 Å². The number of benzene rings is 2. The van der Waals surface area contributed by atoms with Gasteiger partial charge in [-0.2, -0.15) is 0 Å². The number of phenolic OH excluding ortho intramolecular Hbond substituents is 1. The molecule has 2 N–H and O–H groups in total. The molecule has 1 fully saturated rings. The first-order valence-electron chi connectivity index (χ1n) is 9.55. The molecule has 1 saturated heterocycles. The number of aliphatic hydroxyl groups is 1. The van der Waals surface area contributed by atoms with E-state index in [1.54, 1.807) is 29.3 Å². The van der Waals surface area contributed by atoms with Crippen LogP contribution in [0.3, 0.4) is 0 Å². The Labute approximate surface area is 160 Å². The van der Waals surface area contributed by atoms with Gasteiger partial charge in [0.15, 0.2) is 0 Å². The number of aromatic hydroxyl groups is 1. The van der Waals surface area contributed by atoms with Gasteiger partial charge < -0.3 is 10.2 Å². The van der Waals surface area contributed by atoms with Gasteiger partial charge in [0.2, 0.25) is 5.91 Å². The lowest BCUT2D eigenvalue weighted by molar-refractivity contribution is -0.123. The maximum atomic E-state index is 12.5. The summed E-state index contributed by atoms with van der Waals surface area (Å²) in [6.45, 7) is 5.11. The summed E-state index contributed by atoms with van der Waals surface area (Å²) in [5.74, 6) is 0.179. The summed E-state index contributed by atoms with van der Waals surface area (Å²) in [5.41, 5.74) is 2.34. The van der Waals surface area contributed by atoms with Crippen LogP contribution in [-0.4, -0.2) is 39.8 Å². The van der Waals surface area contributed by atoms with Gasteiger partial charge in [0.25, 0.3) is 0 Å². The van der Waals surface area contributed by atoms with Gasteiger partial charge in [-0.25, -0.2) is 10.0 Å². The van der Waals surface area contributed by atoms with Crippen LogP contribution >= 0.6 is 0 Å². The Bertz CT molecular complexity index is 763. The predicted molar refractivity (Wildman–Crippen MR) is 107 cm³/mol. The fraction of sp³-hybridized carbons (Fsp3) is 0.409. The summed E-state index contributed by atoms with van der Waals surface area (Å²) in [6, 6.07) is 14.9. The molecule has 3 rings (SSSR count). The lowest BCUT2D eigenvalue weighted by Crippen LogP contribution is -2.54. The summed E-state index contributed by atoms with van der Waals surface area (Å²) in [6.07, 6.45) is 2.23. The zero-order chi connectivity index (χ0) is 19.4. The Morgan fingerprint density at radius 1 is 1.07 bits per heavy atom. The first-order chi connectivity index (χ1) is 12.9. The average Bonchev–Trinajstić information content (AvgIpc) is 2.67. The molecule has 1 heterocycles. The second kappa shape index (κ2) is 8.11. The van der Waals surface area contributed by atoms with Gasteiger partial charge in [-0.1, -0.05) is 36.8 Å². The van der Waals surface area contributed by atoms with Crippen LogP contribution in [0.4, 0.5) is 5.69 Å². The van der Waals surface area contributed by atoms with Crippen molar-refractivity contribution >= 4 is 11.6 Å². The van der Waals surface area contributed by atoms with E-state index in [4.69, 9.17) is 0 Å². The molecular formula is C22H28N2O3. The first kappa shape index (κ1) is 19.4. The molecule has 5 heteroatoms. The molecule has 1 amide bonds. The van der Waals surface area contributed by atoms with Gasteiger partial charge in [-0.3, -0.25) is 4.79 Å². The molecule has 0 radical (unpaired) electrons. The third-order valence-electron chi connectivity index (χ3n) is 5.24. The van der Waals surface area contributed by atoms with Gasteiger partial charge in [0.05, 0.1) is 11.3 Å². The smallest absolute Gasteiger partial charge is 0.241 e. The standard InChI is InChI=1S/C22H28N2O3/c1-3-21(26)24(19-8-10-20(25)11-9-19)23-14-12-22(27,13-15-23)16-18-6-4-17(2)5-7-18/h4-11,25,27H,3,12-16H2,1-2H3. The van der Waals surface area contributed by atoms with Crippen molar-refractivity contribution in [2.24, 2.45) is 0 Å². The minimum atomic E-state index is -0.748. The number of anilines is 1. The third kappa shape index (κ3) is 4.67. The molecule has 0 aromatic heterocycles. The summed E-state index contributed by atoms with van der Waals surface area (Å²) >= 11 is 0. The van der Waals surface area contributed by atoms with Crippen molar-refractivity contribution in [1.29, 1.82) is 0 Å². The summed E-state index contributed by atoms with van der Waals surface area (Å²) in [7, 11) is 0. The fourth-order valence-electron chi connectivity index (χ4n) is 3.58. The Balaban J connectivity index is 1.70. The quantitative estimate of drug-likeness (QED) is 0.849. The highest BCUT2D eigenvalue weighted by Crippen LogP contribution is 2.30. The highest BCUT2D eigenvalue weighted by atomic mass is 16.3. The normalized spacial score (nSPS) is 16.9. The first-order valence-corrected chi connectivity index (χ1v) is 9.55. The number of amides is 1. The molecule has 2 aromatic rings. The van der Waals surface area contributed by atoms with Crippen LogP contribution in [0.25, 0.3) is 0 Å². The fourth-order valence-corrected chi connectivity index (χ4v) is 3.58. The van der Waals surface area contributed by atoms with E-state index in [0.717, 1.165) is 11.3 Å². The monoisotopic (exact) mass is 368 g/mol. The van der Waals surface area contributed by atoms with Crippen LogP contribution < -0.4 is 5.01 Å². The van der Waals surface area contributed by atoms with Crippen LogP contribution in [0.1, 0.15) is 37.3 Å². The van der Waals surface area contributed by atoms with Gasteiger partial charge in [0.1, 0.15) is 5.75 Å². The van der Waals surface area contributed by atoms with E-state index in [9.17, 15) is 15.0 Å². The molecule has 27 heavy (non-hydrogen) atoms. The Kier molecular flexibility index (Phi) is 5.82. The molecule has 0 spiro atoms. The predicted octanol–water partition coefficient (Wildman–Crippen LogP) is 3.43. The van der Waals surface area contributed by atoms with E-state index in [0.29, 0.717) is 38.8 Å². The third-order valence-corrected chi connectivity index (χ3v) is 5.24. The second-order valence-corrected chi connectivity index (χ2v) is 7.42. The maximum Gasteiger partial charge on any atom is 0.241 e. The van der Waals surface area contributed by atoms with Gasteiger partial charge in [-0.05, 0) is 49.6 Å². The molecule has 0 saturated carbocycles. The largest absolute Gasteiger partial charge is 0.508 e. The molecule has 0 unspecified atom stereocenters. The van der Waals surface area contributed by atoms with Crippen molar-refractivity contribution < 1.29 is 15.0 Å². The number of nitrogens with zero attached hydrogens (tertiary/aromatic N) is 2. The highest BCUT2D eigenvalue weighted by Gasteiger charge is 2.35. The average molecular weight is 368 g/mol. The topological polar surface area (TPSA) is 64.0 Å². The Morgan fingerprint density at radius 2 is 1.67 bits per heavy atom. The van der Waals surface area contributed by atoms with Crippen molar-refractivity contribution in [2.45, 2.75) is 45.1 Å². The molecule has 144 valence electrons. The van der Waals surface area contributed by atoms with Crippen molar-refractivity contribution in [3.8, 4) is 5.75 Å². The van der Waals surface area contributed by atoms with E-state index in [2.05, 4.69) is 31.2 Å². The molecule has 2 aromatic carbocycles. The lowest BCUT2D eigenvalue weighted by atomic mass is 9.85. The summed E-state index contributed by atoms with van der Waals surface area (Å²) in [5, 5.41) is 24.2. The van der Waals surface area contributed by atoms with Gasteiger partial charge in [0, 0.05) is 25.9 Å². The number of hydrazine groups is 1. The van der Waals surface area contributed by atoms with Crippen molar-refractivity contribution in [2.75, 3.05) is 18.1 Å². The molecule has 5 nitrogen and oxygen atoms in total. The number of carbonyl (C=O) groups excluding carboxylic acids is 1. The minimum Gasteiger partial charge on any atom is -0.508 e. The zero-order valence-corrected chi connectivity index (χ0v) is 16.1. The van der Waals surface area contributed by atoms with Crippen LogP contribution in [-0.2, 0) is 11.2 Å². The molecule has 0 bridgehead atoms. The maximum absolute atomic E-state index is 12.5. The molecular weight excluding hydrogens is 340 g/mol. The number of piperidine rings is 1. The SMILES string of the molecule is CCC(=O)N(c1ccc(O)cc1)N1CCC(O)(Cc2ccc(C)cc2)CC1. The lowest BCUT2D eigenvalue weighted by Gasteiger charge is -2.43. The highest BCUT2D eigenvalue weighted by molar-refractivity contribution is 5.92. The Morgan fingerprint density at radius 3 is 2.22 bits per heavy atom. The van der Waals surface area contributed by atoms with Gasteiger partial charge in [-0.15, -0.1) is 0 Å². The number of aryl methyl sites for hydroxylation is 1. The van der Waals surface area contributed by atoms with E-state index in [1.165, 1.54) is 5.56 Å². The van der Waals surface area contributed by atoms with Crippen LogP contribution in [0.15, 0.2) is 48.5 Å². The van der Waals surface area contributed by atoms with E-state index in [-0.39, 0.29) is 11.7 Å². The second-order valence-electron chi connectivity index (χ2n) is 7.42. The summed E-state index contributed by atoms with van der Waals surface area (Å²) in [4.78, 5) is 12.5. The number of rotatable bonds is 5. The molecule has 1 aliphatic heterocycles. The zero-order valence-electron chi connectivity index (χ0n) is 16.1. The van der Waals surface area contributed by atoms with Crippen molar-refractivity contribution in [3.63, 3.8) is 0 Å². The number of carbonyl (C=O) groups is 1. The number of hydrogen-bond donors (Lipinski definition) is 2. The molecule has 0 aliphatic carbocycles. The number of hydrogen-bond acceptors (Lipinski definition) is 4. The molecule has 0 atom stereocenters. The Hall–Kier alpha value is -2.37. The number of phenols is 1. The summed E-state index contributed by atoms with van der Waals surface area (Å²) < 4.78 is 0. The van der Waals surface area contributed by atoms with Gasteiger partial charge >= 0.3 is 0 Å². The van der Waals surface area contributed by atoms with Crippen LogP contribution in [0.2, 0.25) is 0 Å². The van der Waals surface area contributed by atoms with Crippen molar-refractivity contribution in [3.05, 3.63) is 59.7 Å². The molecule has 1 aliphatic rings. The van der Waals surface area contributed by atoms with E-state index < -0.39 is 5.60 Å². The van der Waals surface area contributed by atoms with Crippen molar-refractivity contribution in [1.82, 2.24) is 5.01 Å². The van der Waals surface area contributed by atoms with Crippen LogP contribution in [0, 0.1) is 6.92 Å². The van der Waals surface area contributed by atoms with E-state index >= 15 is 0 Å². The minimum absolute atomic E-state index is 0.00432. The van der Waals surface area contributed by atoms with Crippen LogP contribution in [0.5, 0.6) is 5.75 Å².